The zero-order chi connectivity index (χ0) is 15.9. The number of aromatic nitrogens is 1. The number of aryl methyl sites for hydroxylation is 1. The maximum absolute atomic E-state index is 13.2. The van der Waals surface area contributed by atoms with Gasteiger partial charge in [-0.3, -0.25) is 4.98 Å². The van der Waals surface area contributed by atoms with Crippen LogP contribution in [0.3, 0.4) is 0 Å². The SMILES string of the molecule is Cc1nc2c(C(F)(F)F)cccc2c(N2CCNCC2)c1Cl.Cl. The number of halogens is 5. The lowest BCUT2D eigenvalue weighted by Crippen LogP contribution is -2.43. The summed E-state index contributed by atoms with van der Waals surface area (Å²) in [7, 11) is 0. The van der Waals surface area contributed by atoms with E-state index in [1.807, 2.05) is 4.90 Å². The third-order valence-corrected chi connectivity index (χ3v) is 4.29. The van der Waals surface area contributed by atoms with E-state index in [1.54, 1.807) is 13.0 Å². The molecule has 23 heavy (non-hydrogen) atoms. The minimum Gasteiger partial charge on any atom is -0.367 e. The molecule has 3 rings (SSSR count). The van der Waals surface area contributed by atoms with Crippen molar-refractivity contribution in [2.24, 2.45) is 0 Å². The molecule has 3 nitrogen and oxygen atoms in total. The van der Waals surface area contributed by atoms with Crippen molar-refractivity contribution in [2.75, 3.05) is 31.1 Å². The predicted octanol–water partition coefficient (Wildman–Crippen LogP) is 4.05. The minimum absolute atomic E-state index is 0. The average Bonchev–Trinajstić information content (AvgIpc) is 2.48. The van der Waals surface area contributed by atoms with E-state index in [9.17, 15) is 13.2 Å². The summed E-state index contributed by atoms with van der Waals surface area (Å²) in [5, 5.41) is 4.10. The van der Waals surface area contributed by atoms with Gasteiger partial charge in [-0.05, 0) is 13.0 Å². The monoisotopic (exact) mass is 365 g/mol. The van der Waals surface area contributed by atoms with Gasteiger partial charge in [-0.1, -0.05) is 23.7 Å². The first-order valence-electron chi connectivity index (χ1n) is 7.01. The van der Waals surface area contributed by atoms with Gasteiger partial charge >= 0.3 is 6.18 Å². The van der Waals surface area contributed by atoms with Crippen LogP contribution in [0.4, 0.5) is 18.9 Å². The molecular formula is C15H16Cl2F3N3. The Morgan fingerprint density at radius 2 is 1.87 bits per heavy atom. The van der Waals surface area contributed by atoms with Crippen molar-refractivity contribution in [3.63, 3.8) is 0 Å². The second-order valence-electron chi connectivity index (χ2n) is 5.30. The highest BCUT2D eigenvalue weighted by Gasteiger charge is 2.34. The smallest absolute Gasteiger partial charge is 0.367 e. The molecule has 126 valence electrons. The van der Waals surface area contributed by atoms with Crippen molar-refractivity contribution in [3.8, 4) is 0 Å². The predicted molar refractivity (Wildman–Crippen MR) is 88.8 cm³/mol. The van der Waals surface area contributed by atoms with E-state index in [-0.39, 0.29) is 17.9 Å². The van der Waals surface area contributed by atoms with Crippen LogP contribution >= 0.6 is 24.0 Å². The molecule has 1 aromatic heterocycles. The summed E-state index contributed by atoms with van der Waals surface area (Å²) in [5.41, 5.74) is 0.308. The molecule has 0 radical (unpaired) electrons. The number of hydrogen-bond acceptors (Lipinski definition) is 3. The van der Waals surface area contributed by atoms with Crippen molar-refractivity contribution in [2.45, 2.75) is 13.1 Å². The standard InChI is InChI=1S/C15H15ClF3N3.ClH/c1-9-12(16)14(22-7-5-20-6-8-22)10-3-2-4-11(13(10)21-9)15(17,18)19;/h2-4,20H,5-8H2,1H3;1H. The Morgan fingerprint density at radius 3 is 2.48 bits per heavy atom. The molecule has 0 aliphatic carbocycles. The first-order chi connectivity index (χ1) is 10.4. The molecule has 1 aliphatic rings. The fraction of sp³-hybridized carbons (Fsp3) is 0.400. The van der Waals surface area contributed by atoms with Crippen molar-refractivity contribution in [1.82, 2.24) is 10.3 Å². The van der Waals surface area contributed by atoms with E-state index in [2.05, 4.69) is 10.3 Å². The van der Waals surface area contributed by atoms with E-state index in [0.717, 1.165) is 19.2 Å². The lowest BCUT2D eigenvalue weighted by Gasteiger charge is -2.31. The Hall–Kier alpha value is -1.24. The zero-order valence-corrected chi connectivity index (χ0v) is 13.9. The number of rotatable bonds is 1. The number of para-hydroxylation sites is 1. The van der Waals surface area contributed by atoms with Crippen LogP contribution in [-0.2, 0) is 6.18 Å². The number of nitrogens with one attached hydrogen (secondary N) is 1. The highest BCUT2D eigenvalue weighted by atomic mass is 35.5. The minimum atomic E-state index is -4.44. The fourth-order valence-electron chi connectivity index (χ4n) is 2.79. The van der Waals surface area contributed by atoms with Crippen LogP contribution in [-0.4, -0.2) is 31.2 Å². The van der Waals surface area contributed by atoms with Gasteiger partial charge < -0.3 is 10.2 Å². The molecule has 2 aromatic rings. The molecule has 1 fully saturated rings. The van der Waals surface area contributed by atoms with E-state index < -0.39 is 11.7 Å². The van der Waals surface area contributed by atoms with Crippen LogP contribution in [0.1, 0.15) is 11.3 Å². The van der Waals surface area contributed by atoms with Gasteiger partial charge in [-0.2, -0.15) is 13.2 Å². The summed E-state index contributed by atoms with van der Waals surface area (Å²) in [4.78, 5) is 6.13. The lowest BCUT2D eigenvalue weighted by atomic mass is 10.1. The fourth-order valence-corrected chi connectivity index (χ4v) is 3.05. The van der Waals surface area contributed by atoms with Crippen LogP contribution in [0.5, 0.6) is 0 Å². The van der Waals surface area contributed by atoms with E-state index in [4.69, 9.17) is 11.6 Å². The summed E-state index contributed by atoms with van der Waals surface area (Å²) in [5.74, 6) is 0. The van der Waals surface area contributed by atoms with Crippen LogP contribution in [0.2, 0.25) is 5.02 Å². The van der Waals surface area contributed by atoms with Gasteiger partial charge in [0.1, 0.15) is 0 Å². The molecular weight excluding hydrogens is 350 g/mol. The molecule has 0 saturated carbocycles. The normalized spacial score (nSPS) is 15.6. The maximum atomic E-state index is 13.2. The van der Waals surface area contributed by atoms with E-state index in [1.165, 1.54) is 6.07 Å². The first-order valence-corrected chi connectivity index (χ1v) is 7.39. The second kappa shape index (κ2) is 6.71. The molecule has 1 N–H and O–H groups in total. The van der Waals surface area contributed by atoms with Gasteiger partial charge in [0.25, 0.3) is 0 Å². The van der Waals surface area contributed by atoms with Crippen molar-refractivity contribution >= 4 is 40.6 Å². The lowest BCUT2D eigenvalue weighted by molar-refractivity contribution is -0.136. The van der Waals surface area contributed by atoms with Gasteiger partial charge in [0.15, 0.2) is 0 Å². The zero-order valence-electron chi connectivity index (χ0n) is 12.4. The topological polar surface area (TPSA) is 28.2 Å². The highest BCUT2D eigenvalue weighted by molar-refractivity contribution is 6.35. The molecule has 1 aromatic carbocycles. The number of pyridine rings is 1. The molecule has 2 heterocycles. The summed E-state index contributed by atoms with van der Waals surface area (Å²) in [6, 6.07) is 4.12. The third-order valence-electron chi connectivity index (χ3n) is 3.83. The quantitative estimate of drug-likeness (QED) is 0.826. The van der Waals surface area contributed by atoms with Gasteiger partial charge in [-0.15, -0.1) is 12.4 Å². The largest absolute Gasteiger partial charge is 0.418 e. The average molecular weight is 366 g/mol. The van der Waals surface area contributed by atoms with Crippen LogP contribution in [0, 0.1) is 6.92 Å². The summed E-state index contributed by atoms with van der Waals surface area (Å²) in [6.07, 6.45) is -4.44. The molecule has 8 heteroatoms. The Bertz CT molecular complexity index is 713. The number of alkyl halides is 3. The van der Waals surface area contributed by atoms with E-state index >= 15 is 0 Å². The van der Waals surface area contributed by atoms with Gasteiger partial charge in [0, 0.05) is 31.6 Å². The Labute approximate surface area is 143 Å². The molecule has 0 spiro atoms. The first kappa shape index (κ1) is 18.1. The maximum Gasteiger partial charge on any atom is 0.418 e. The molecule has 1 saturated heterocycles. The van der Waals surface area contributed by atoms with Crippen LogP contribution in [0.15, 0.2) is 18.2 Å². The number of nitrogens with zero attached hydrogens (tertiary/aromatic N) is 2. The number of piperazine rings is 1. The molecule has 0 bridgehead atoms. The summed E-state index contributed by atoms with van der Waals surface area (Å²) in [6.45, 7) is 4.60. The Kier molecular flexibility index (Phi) is 5.28. The number of anilines is 1. The van der Waals surface area contributed by atoms with Gasteiger partial charge in [0.05, 0.1) is 27.5 Å². The van der Waals surface area contributed by atoms with Crippen molar-refractivity contribution in [3.05, 3.63) is 34.5 Å². The third kappa shape index (κ3) is 3.34. The second-order valence-corrected chi connectivity index (χ2v) is 5.67. The number of hydrogen-bond donors (Lipinski definition) is 1. The number of fused-ring (bicyclic) bond motifs is 1. The van der Waals surface area contributed by atoms with Crippen LogP contribution < -0.4 is 10.2 Å². The molecule has 0 atom stereocenters. The van der Waals surface area contributed by atoms with Crippen LogP contribution in [0.25, 0.3) is 10.9 Å². The Balaban J connectivity index is 0.00000192. The molecule has 1 aliphatic heterocycles. The summed E-state index contributed by atoms with van der Waals surface area (Å²) >= 11 is 6.37. The summed E-state index contributed by atoms with van der Waals surface area (Å²) < 4.78 is 39.7. The number of benzene rings is 1. The van der Waals surface area contributed by atoms with Crippen molar-refractivity contribution < 1.29 is 13.2 Å². The molecule has 0 amide bonds. The van der Waals surface area contributed by atoms with Gasteiger partial charge in [-0.25, -0.2) is 0 Å². The van der Waals surface area contributed by atoms with Gasteiger partial charge in [0.2, 0.25) is 0 Å². The van der Waals surface area contributed by atoms with E-state index in [0.29, 0.717) is 34.9 Å². The molecule has 0 unspecified atom stereocenters. The highest BCUT2D eigenvalue weighted by Crippen LogP contribution is 2.40. The Morgan fingerprint density at radius 1 is 1.22 bits per heavy atom. The van der Waals surface area contributed by atoms with Crippen molar-refractivity contribution in [1.29, 1.82) is 0 Å².